The van der Waals surface area contributed by atoms with E-state index in [1.54, 1.807) is 0 Å². The Balaban J connectivity index is 1.45. The summed E-state index contributed by atoms with van der Waals surface area (Å²) in [5.41, 5.74) is 1.03. The summed E-state index contributed by atoms with van der Waals surface area (Å²) in [6.45, 7) is 12.9. The van der Waals surface area contributed by atoms with Crippen LogP contribution in [0.5, 0.6) is 0 Å². The third-order valence-electron chi connectivity index (χ3n) is 5.59. The third-order valence-corrected chi connectivity index (χ3v) is 5.59. The molecule has 4 heterocycles. The molecule has 1 aromatic heterocycles. The van der Waals surface area contributed by atoms with Gasteiger partial charge in [-0.1, -0.05) is 6.92 Å². The van der Waals surface area contributed by atoms with Crippen LogP contribution in [0.2, 0.25) is 0 Å². The lowest BCUT2D eigenvalue weighted by Gasteiger charge is -2.38. The fourth-order valence-corrected chi connectivity index (χ4v) is 3.97. The quantitative estimate of drug-likeness (QED) is 0.816. The Kier molecular flexibility index (Phi) is 4.80. The lowest BCUT2D eigenvalue weighted by Crippen LogP contribution is -2.47. The number of piperazine rings is 1. The molecule has 1 aromatic rings. The first-order valence-corrected chi connectivity index (χ1v) is 9.53. The molecule has 0 aromatic carbocycles. The van der Waals surface area contributed by atoms with Gasteiger partial charge in [0, 0.05) is 63.9 Å². The van der Waals surface area contributed by atoms with Crippen molar-refractivity contribution in [2.45, 2.75) is 32.5 Å². The third kappa shape index (κ3) is 3.59. The second-order valence-electron chi connectivity index (χ2n) is 7.18. The topological polar surface area (TPSA) is 54.0 Å². The SMILES string of the molecule is CCN1CCN(c2nc(C)cc(N3CCC4(CC3)OCCO4)n2)CC1. The van der Waals surface area contributed by atoms with Crippen LogP contribution in [0.15, 0.2) is 6.07 Å². The summed E-state index contributed by atoms with van der Waals surface area (Å²) in [7, 11) is 0. The second kappa shape index (κ2) is 7.05. The van der Waals surface area contributed by atoms with Crippen LogP contribution < -0.4 is 9.80 Å². The monoisotopic (exact) mass is 347 g/mol. The van der Waals surface area contributed by atoms with E-state index in [-0.39, 0.29) is 5.79 Å². The fourth-order valence-electron chi connectivity index (χ4n) is 3.97. The van der Waals surface area contributed by atoms with Gasteiger partial charge < -0.3 is 24.2 Å². The van der Waals surface area contributed by atoms with Crippen molar-refractivity contribution >= 4 is 11.8 Å². The van der Waals surface area contributed by atoms with Crippen LogP contribution in [0.4, 0.5) is 11.8 Å². The number of piperidine rings is 1. The van der Waals surface area contributed by atoms with Gasteiger partial charge in [-0.15, -0.1) is 0 Å². The summed E-state index contributed by atoms with van der Waals surface area (Å²) in [4.78, 5) is 16.7. The molecule has 3 aliphatic heterocycles. The minimum absolute atomic E-state index is 0.335. The summed E-state index contributed by atoms with van der Waals surface area (Å²) < 4.78 is 11.7. The number of anilines is 2. The van der Waals surface area contributed by atoms with Crippen LogP contribution in [0, 0.1) is 6.92 Å². The van der Waals surface area contributed by atoms with Gasteiger partial charge >= 0.3 is 0 Å². The van der Waals surface area contributed by atoms with E-state index in [4.69, 9.17) is 19.4 Å². The average molecular weight is 347 g/mol. The molecule has 0 N–H and O–H groups in total. The molecule has 1 spiro atoms. The standard InChI is InChI=1S/C18H29N5O2/c1-3-21-8-10-23(11-9-21)17-19-15(2)14-16(20-17)22-6-4-18(5-7-22)24-12-13-25-18/h14H,3-13H2,1-2H3. The number of nitrogens with zero attached hydrogens (tertiary/aromatic N) is 5. The molecule has 0 atom stereocenters. The molecule has 0 radical (unpaired) electrons. The summed E-state index contributed by atoms with van der Waals surface area (Å²) in [5, 5.41) is 0. The molecule has 25 heavy (non-hydrogen) atoms. The predicted octanol–water partition coefficient (Wildman–Crippen LogP) is 1.27. The summed E-state index contributed by atoms with van der Waals surface area (Å²) in [6.07, 6.45) is 1.81. The smallest absolute Gasteiger partial charge is 0.227 e. The van der Waals surface area contributed by atoms with E-state index in [1.165, 1.54) is 0 Å². The van der Waals surface area contributed by atoms with Gasteiger partial charge in [-0.3, -0.25) is 0 Å². The number of hydrogen-bond acceptors (Lipinski definition) is 7. The van der Waals surface area contributed by atoms with Gasteiger partial charge in [0.05, 0.1) is 13.2 Å². The number of likely N-dealkylation sites (N-methyl/N-ethyl adjacent to an activating group) is 1. The highest BCUT2D eigenvalue weighted by atomic mass is 16.7. The van der Waals surface area contributed by atoms with Crippen molar-refractivity contribution in [2.75, 3.05) is 68.8 Å². The Hall–Kier alpha value is -1.44. The van der Waals surface area contributed by atoms with E-state index in [1.807, 2.05) is 0 Å². The van der Waals surface area contributed by atoms with Crippen molar-refractivity contribution in [3.63, 3.8) is 0 Å². The minimum atomic E-state index is -0.335. The van der Waals surface area contributed by atoms with Gasteiger partial charge in [-0.25, -0.2) is 4.98 Å². The van der Waals surface area contributed by atoms with Gasteiger partial charge in [-0.2, -0.15) is 4.98 Å². The maximum atomic E-state index is 5.83. The Morgan fingerprint density at radius 2 is 1.64 bits per heavy atom. The van der Waals surface area contributed by atoms with Crippen molar-refractivity contribution < 1.29 is 9.47 Å². The summed E-state index contributed by atoms with van der Waals surface area (Å²) >= 11 is 0. The van der Waals surface area contributed by atoms with E-state index in [2.05, 4.69) is 34.6 Å². The van der Waals surface area contributed by atoms with Crippen LogP contribution in [0.1, 0.15) is 25.5 Å². The highest BCUT2D eigenvalue weighted by Crippen LogP contribution is 2.33. The van der Waals surface area contributed by atoms with Crippen LogP contribution >= 0.6 is 0 Å². The number of rotatable bonds is 3. The predicted molar refractivity (Wildman–Crippen MR) is 97.2 cm³/mol. The fraction of sp³-hybridized carbons (Fsp3) is 0.778. The van der Waals surface area contributed by atoms with Crippen molar-refractivity contribution in [2.24, 2.45) is 0 Å². The molecule has 0 unspecified atom stereocenters. The maximum absolute atomic E-state index is 5.83. The highest BCUT2D eigenvalue weighted by Gasteiger charge is 2.40. The largest absolute Gasteiger partial charge is 0.356 e. The number of ether oxygens (including phenoxy) is 2. The number of aromatic nitrogens is 2. The normalized spacial score (nSPS) is 24.2. The van der Waals surface area contributed by atoms with Gasteiger partial charge in [0.2, 0.25) is 5.95 Å². The molecule has 7 heteroatoms. The molecule has 0 aliphatic carbocycles. The van der Waals surface area contributed by atoms with Crippen molar-refractivity contribution in [3.8, 4) is 0 Å². The molecule has 0 amide bonds. The molecule has 3 fully saturated rings. The Morgan fingerprint density at radius 1 is 0.960 bits per heavy atom. The first-order valence-electron chi connectivity index (χ1n) is 9.53. The van der Waals surface area contributed by atoms with E-state index in [0.29, 0.717) is 0 Å². The number of aryl methyl sites for hydroxylation is 1. The first-order chi connectivity index (χ1) is 12.2. The average Bonchev–Trinajstić information content (AvgIpc) is 3.10. The summed E-state index contributed by atoms with van der Waals surface area (Å²) in [6, 6.07) is 2.10. The van der Waals surface area contributed by atoms with E-state index < -0.39 is 0 Å². The lowest BCUT2D eigenvalue weighted by atomic mass is 10.0. The van der Waals surface area contributed by atoms with Crippen LogP contribution in [-0.2, 0) is 9.47 Å². The first kappa shape index (κ1) is 17.0. The maximum Gasteiger partial charge on any atom is 0.227 e. The second-order valence-corrected chi connectivity index (χ2v) is 7.18. The van der Waals surface area contributed by atoms with Gasteiger partial charge in [0.15, 0.2) is 5.79 Å². The Morgan fingerprint density at radius 3 is 2.28 bits per heavy atom. The Bertz CT molecular complexity index is 587. The zero-order valence-corrected chi connectivity index (χ0v) is 15.4. The zero-order chi connectivity index (χ0) is 17.3. The molecule has 7 nitrogen and oxygen atoms in total. The molecular formula is C18H29N5O2. The molecule has 3 aliphatic rings. The molecular weight excluding hydrogens is 318 g/mol. The van der Waals surface area contributed by atoms with Crippen LogP contribution in [-0.4, -0.2) is 79.7 Å². The van der Waals surface area contributed by atoms with E-state index in [0.717, 1.165) is 89.3 Å². The lowest BCUT2D eigenvalue weighted by molar-refractivity contribution is -0.169. The molecule has 138 valence electrons. The Labute approximate surface area is 149 Å². The van der Waals surface area contributed by atoms with Gasteiger partial charge in [-0.05, 0) is 13.5 Å². The zero-order valence-electron chi connectivity index (χ0n) is 15.4. The van der Waals surface area contributed by atoms with Gasteiger partial charge in [0.1, 0.15) is 5.82 Å². The molecule has 4 rings (SSSR count). The number of hydrogen-bond donors (Lipinski definition) is 0. The van der Waals surface area contributed by atoms with E-state index in [9.17, 15) is 0 Å². The van der Waals surface area contributed by atoms with Crippen molar-refractivity contribution in [3.05, 3.63) is 11.8 Å². The molecule has 0 bridgehead atoms. The highest BCUT2D eigenvalue weighted by molar-refractivity contribution is 5.46. The van der Waals surface area contributed by atoms with Crippen LogP contribution in [0.25, 0.3) is 0 Å². The van der Waals surface area contributed by atoms with Gasteiger partial charge in [0.25, 0.3) is 0 Å². The molecule has 3 saturated heterocycles. The molecule has 0 saturated carbocycles. The van der Waals surface area contributed by atoms with E-state index >= 15 is 0 Å². The van der Waals surface area contributed by atoms with Crippen molar-refractivity contribution in [1.29, 1.82) is 0 Å². The van der Waals surface area contributed by atoms with Crippen LogP contribution in [0.3, 0.4) is 0 Å². The van der Waals surface area contributed by atoms with Crippen molar-refractivity contribution in [1.82, 2.24) is 14.9 Å². The minimum Gasteiger partial charge on any atom is -0.356 e. The summed E-state index contributed by atoms with van der Waals surface area (Å²) in [5.74, 6) is 1.57.